The quantitative estimate of drug-likeness (QED) is 0.828. The van der Waals surface area contributed by atoms with Crippen LogP contribution in [0.15, 0.2) is 10.9 Å². The van der Waals surface area contributed by atoms with Crippen LogP contribution in [0.2, 0.25) is 5.02 Å². The van der Waals surface area contributed by atoms with Crippen molar-refractivity contribution in [3.63, 3.8) is 0 Å². The fourth-order valence-electron chi connectivity index (χ4n) is 3.30. The SMILES string of the molecule is Cc1[nH]c(=O)c(C(=O)N2CCn3nc(C(=O)NC4CC4)cc3C2)c(C)c1Cl. The highest BCUT2D eigenvalue weighted by molar-refractivity contribution is 6.32. The number of pyridine rings is 1. The van der Waals surface area contributed by atoms with Gasteiger partial charge in [-0.1, -0.05) is 11.6 Å². The number of aromatic amines is 1. The molecule has 1 fully saturated rings. The Labute approximate surface area is 160 Å². The Balaban J connectivity index is 1.57. The molecule has 1 saturated carbocycles. The van der Waals surface area contributed by atoms with Gasteiger partial charge in [-0.25, -0.2) is 0 Å². The molecule has 9 heteroatoms. The Bertz CT molecular complexity index is 1010. The average Bonchev–Trinajstić information content (AvgIpc) is 3.33. The second kappa shape index (κ2) is 6.53. The number of amides is 2. The lowest BCUT2D eigenvalue weighted by molar-refractivity contribution is 0.0702. The van der Waals surface area contributed by atoms with Gasteiger partial charge in [-0.3, -0.25) is 19.1 Å². The lowest BCUT2D eigenvalue weighted by Crippen LogP contribution is -2.41. The van der Waals surface area contributed by atoms with Crippen molar-refractivity contribution in [3.05, 3.63) is 49.7 Å². The number of rotatable bonds is 3. The molecule has 2 aromatic heterocycles. The largest absolute Gasteiger partial charge is 0.348 e. The van der Waals surface area contributed by atoms with E-state index in [1.807, 2.05) is 0 Å². The van der Waals surface area contributed by atoms with E-state index < -0.39 is 5.56 Å². The minimum atomic E-state index is -0.442. The van der Waals surface area contributed by atoms with E-state index in [1.165, 1.54) is 0 Å². The van der Waals surface area contributed by atoms with Crippen LogP contribution in [0.25, 0.3) is 0 Å². The summed E-state index contributed by atoms with van der Waals surface area (Å²) in [6.45, 7) is 4.52. The summed E-state index contributed by atoms with van der Waals surface area (Å²) >= 11 is 6.20. The minimum absolute atomic E-state index is 0.0604. The second-order valence-electron chi connectivity index (χ2n) is 7.11. The number of carbonyl (C=O) groups is 2. The molecule has 0 spiro atoms. The standard InChI is InChI=1S/C18H20ClN5O3/c1-9-14(17(26)20-10(2)15(9)19)18(27)23-5-6-24-12(8-23)7-13(22-24)16(25)21-11-3-4-11/h7,11H,3-6,8H2,1-2H3,(H,20,26)(H,21,25). The van der Waals surface area contributed by atoms with Gasteiger partial charge in [0.05, 0.1) is 23.8 Å². The van der Waals surface area contributed by atoms with E-state index in [-0.39, 0.29) is 30.0 Å². The first-order valence-corrected chi connectivity index (χ1v) is 9.28. The van der Waals surface area contributed by atoms with Crippen LogP contribution in [-0.4, -0.2) is 44.1 Å². The maximum absolute atomic E-state index is 12.9. The summed E-state index contributed by atoms with van der Waals surface area (Å²) in [6, 6.07) is 1.96. The van der Waals surface area contributed by atoms with Gasteiger partial charge < -0.3 is 15.2 Å². The van der Waals surface area contributed by atoms with Crippen molar-refractivity contribution in [1.82, 2.24) is 25.0 Å². The molecule has 2 aliphatic rings. The van der Waals surface area contributed by atoms with Gasteiger partial charge in [-0.05, 0) is 38.3 Å². The molecular formula is C18H20ClN5O3. The Morgan fingerprint density at radius 1 is 1.30 bits per heavy atom. The molecule has 0 atom stereocenters. The third-order valence-electron chi connectivity index (χ3n) is 5.01. The van der Waals surface area contributed by atoms with Crippen LogP contribution in [0.4, 0.5) is 0 Å². The Hall–Kier alpha value is -2.61. The topological polar surface area (TPSA) is 100 Å². The summed E-state index contributed by atoms with van der Waals surface area (Å²) < 4.78 is 1.74. The summed E-state index contributed by atoms with van der Waals surface area (Å²) in [5.41, 5.74) is 1.76. The van der Waals surface area contributed by atoms with Gasteiger partial charge in [0.2, 0.25) is 0 Å². The van der Waals surface area contributed by atoms with Crippen molar-refractivity contribution >= 4 is 23.4 Å². The van der Waals surface area contributed by atoms with Crippen LogP contribution < -0.4 is 10.9 Å². The number of nitrogens with zero attached hydrogens (tertiary/aromatic N) is 3. The molecule has 2 aromatic rings. The van der Waals surface area contributed by atoms with Crippen LogP contribution in [0.1, 0.15) is 50.6 Å². The third kappa shape index (κ3) is 3.25. The van der Waals surface area contributed by atoms with Crippen molar-refractivity contribution in [1.29, 1.82) is 0 Å². The van der Waals surface area contributed by atoms with Gasteiger partial charge >= 0.3 is 0 Å². The van der Waals surface area contributed by atoms with E-state index in [0.29, 0.717) is 35.1 Å². The van der Waals surface area contributed by atoms with E-state index in [4.69, 9.17) is 11.6 Å². The summed E-state index contributed by atoms with van der Waals surface area (Å²) in [7, 11) is 0. The highest BCUT2D eigenvalue weighted by atomic mass is 35.5. The fraction of sp³-hybridized carbons (Fsp3) is 0.444. The number of hydrogen-bond donors (Lipinski definition) is 2. The van der Waals surface area contributed by atoms with Crippen molar-refractivity contribution < 1.29 is 9.59 Å². The Morgan fingerprint density at radius 3 is 2.74 bits per heavy atom. The molecular weight excluding hydrogens is 370 g/mol. The first-order chi connectivity index (χ1) is 12.8. The van der Waals surface area contributed by atoms with Gasteiger partial charge in [0.15, 0.2) is 5.69 Å². The van der Waals surface area contributed by atoms with Gasteiger partial charge in [-0.2, -0.15) is 5.10 Å². The zero-order chi connectivity index (χ0) is 19.3. The van der Waals surface area contributed by atoms with Crippen molar-refractivity contribution in [2.45, 2.75) is 45.8 Å². The number of fused-ring (bicyclic) bond motifs is 1. The van der Waals surface area contributed by atoms with E-state index in [9.17, 15) is 14.4 Å². The number of halogens is 1. The lowest BCUT2D eigenvalue weighted by atomic mass is 10.1. The van der Waals surface area contributed by atoms with Gasteiger partial charge in [0.25, 0.3) is 17.4 Å². The number of hydrogen-bond acceptors (Lipinski definition) is 4. The van der Waals surface area contributed by atoms with E-state index >= 15 is 0 Å². The van der Waals surface area contributed by atoms with Gasteiger partial charge in [-0.15, -0.1) is 0 Å². The normalized spacial score (nSPS) is 16.2. The number of carbonyl (C=O) groups excluding carboxylic acids is 2. The molecule has 0 aromatic carbocycles. The molecule has 27 heavy (non-hydrogen) atoms. The molecule has 142 valence electrons. The predicted octanol–water partition coefficient (Wildman–Crippen LogP) is 1.39. The summed E-state index contributed by atoms with van der Waals surface area (Å²) in [5, 5.41) is 7.63. The van der Waals surface area contributed by atoms with Crippen LogP contribution in [0.5, 0.6) is 0 Å². The minimum Gasteiger partial charge on any atom is -0.348 e. The highest BCUT2D eigenvalue weighted by Gasteiger charge is 2.29. The zero-order valence-electron chi connectivity index (χ0n) is 15.1. The molecule has 2 N–H and O–H groups in total. The molecule has 8 nitrogen and oxygen atoms in total. The Kier molecular flexibility index (Phi) is 4.30. The Morgan fingerprint density at radius 2 is 2.04 bits per heavy atom. The van der Waals surface area contributed by atoms with E-state index in [0.717, 1.165) is 18.5 Å². The van der Waals surface area contributed by atoms with Crippen LogP contribution in [-0.2, 0) is 13.1 Å². The average molecular weight is 390 g/mol. The zero-order valence-corrected chi connectivity index (χ0v) is 15.9. The number of H-pyrrole nitrogens is 1. The van der Waals surface area contributed by atoms with Crippen LogP contribution in [0, 0.1) is 13.8 Å². The van der Waals surface area contributed by atoms with Crippen LogP contribution >= 0.6 is 11.6 Å². The van der Waals surface area contributed by atoms with Crippen molar-refractivity contribution in [3.8, 4) is 0 Å². The molecule has 0 unspecified atom stereocenters. The van der Waals surface area contributed by atoms with Crippen molar-refractivity contribution in [2.24, 2.45) is 0 Å². The first-order valence-electron chi connectivity index (χ1n) is 8.91. The summed E-state index contributed by atoms with van der Waals surface area (Å²) in [6.07, 6.45) is 2.02. The maximum atomic E-state index is 12.9. The molecule has 0 saturated heterocycles. The monoisotopic (exact) mass is 389 g/mol. The number of aromatic nitrogens is 3. The smallest absolute Gasteiger partial charge is 0.272 e. The van der Waals surface area contributed by atoms with E-state index in [2.05, 4.69) is 15.4 Å². The molecule has 4 rings (SSSR count). The maximum Gasteiger partial charge on any atom is 0.272 e. The highest BCUT2D eigenvalue weighted by Crippen LogP contribution is 2.23. The lowest BCUT2D eigenvalue weighted by Gasteiger charge is -2.28. The molecule has 3 heterocycles. The fourth-order valence-corrected chi connectivity index (χ4v) is 3.44. The summed E-state index contributed by atoms with van der Waals surface area (Å²) in [5.74, 6) is -0.554. The number of aryl methyl sites for hydroxylation is 1. The van der Waals surface area contributed by atoms with E-state index in [1.54, 1.807) is 29.5 Å². The summed E-state index contributed by atoms with van der Waals surface area (Å²) in [4.78, 5) is 41.7. The molecule has 0 radical (unpaired) electrons. The third-order valence-corrected chi connectivity index (χ3v) is 5.57. The van der Waals surface area contributed by atoms with Crippen LogP contribution in [0.3, 0.4) is 0 Å². The molecule has 0 bridgehead atoms. The second-order valence-corrected chi connectivity index (χ2v) is 7.49. The molecule has 1 aliphatic carbocycles. The van der Waals surface area contributed by atoms with Crippen molar-refractivity contribution in [2.75, 3.05) is 6.54 Å². The van der Waals surface area contributed by atoms with Gasteiger partial charge in [0.1, 0.15) is 5.56 Å². The molecule has 1 aliphatic heterocycles. The van der Waals surface area contributed by atoms with Gasteiger partial charge in [0, 0.05) is 18.3 Å². The first kappa shape index (κ1) is 17.8. The molecule has 2 amide bonds. The number of nitrogens with one attached hydrogen (secondary N) is 2. The predicted molar refractivity (Wildman–Crippen MR) is 99.0 cm³/mol.